The first kappa shape index (κ1) is 15.0. The molecule has 3 heterocycles. The summed E-state index contributed by atoms with van der Waals surface area (Å²) in [4.78, 5) is 4.28. The lowest BCUT2D eigenvalue weighted by Crippen LogP contribution is -2.35. The van der Waals surface area contributed by atoms with Gasteiger partial charge in [0.2, 0.25) is 10.0 Å². The molecule has 0 aliphatic carbocycles. The monoisotopic (exact) mass is 313 g/mol. The van der Waals surface area contributed by atoms with Crippen molar-refractivity contribution in [1.82, 2.24) is 14.3 Å². The molecule has 0 radical (unpaired) electrons. The van der Waals surface area contributed by atoms with Gasteiger partial charge in [-0.05, 0) is 31.6 Å². The standard InChI is InChI=1S/C14H23N3O3S/c18-21(19,9-5-13-2-1-8-20-13)16-10-12-3-4-14-15-6-7-17(14)11-12/h6-7,12-13,16H,1-5,8-11H2/t12-,13+/m1/s1. The van der Waals surface area contributed by atoms with Gasteiger partial charge in [-0.2, -0.15) is 0 Å². The Morgan fingerprint density at radius 1 is 1.43 bits per heavy atom. The maximum atomic E-state index is 12.0. The van der Waals surface area contributed by atoms with E-state index < -0.39 is 10.0 Å². The molecule has 1 aromatic rings. The number of hydrogen-bond donors (Lipinski definition) is 1. The number of aromatic nitrogens is 2. The second-order valence-electron chi connectivity index (χ2n) is 5.99. The van der Waals surface area contributed by atoms with Crippen molar-refractivity contribution in [2.24, 2.45) is 5.92 Å². The average molecular weight is 313 g/mol. The Bertz CT molecular complexity index is 564. The van der Waals surface area contributed by atoms with E-state index >= 15 is 0 Å². The number of aryl methyl sites for hydroxylation is 1. The largest absolute Gasteiger partial charge is 0.378 e. The van der Waals surface area contributed by atoms with Crippen molar-refractivity contribution in [3.05, 3.63) is 18.2 Å². The maximum absolute atomic E-state index is 12.0. The molecule has 6 nitrogen and oxygen atoms in total. The van der Waals surface area contributed by atoms with Crippen LogP contribution < -0.4 is 4.72 Å². The number of rotatable bonds is 6. The van der Waals surface area contributed by atoms with E-state index in [1.54, 1.807) is 0 Å². The number of imidazole rings is 1. The minimum absolute atomic E-state index is 0.129. The Balaban J connectivity index is 1.43. The van der Waals surface area contributed by atoms with Crippen LogP contribution in [0.1, 0.15) is 31.5 Å². The summed E-state index contributed by atoms with van der Waals surface area (Å²) in [5.74, 6) is 1.62. The van der Waals surface area contributed by atoms with Crippen molar-refractivity contribution in [2.45, 2.75) is 44.8 Å². The number of fused-ring (bicyclic) bond motifs is 1. The van der Waals surface area contributed by atoms with Gasteiger partial charge in [0.1, 0.15) is 5.82 Å². The third kappa shape index (κ3) is 4.05. The predicted molar refractivity (Wildman–Crippen MR) is 79.4 cm³/mol. The summed E-state index contributed by atoms with van der Waals surface area (Å²) >= 11 is 0. The van der Waals surface area contributed by atoms with E-state index in [0.717, 1.165) is 44.7 Å². The second kappa shape index (κ2) is 6.46. The quantitative estimate of drug-likeness (QED) is 0.848. The van der Waals surface area contributed by atoms with Crippen LogP contribution in [0, 0.1) is 5.92 Å². The Labute approximate surface area is 125 Å². The van der Waals surface area contributed by atoms with E-state index in [-0.39, 0.29) is 11.9 Å². The molecule has 0 unspecified atom stereocenters. The third-order valence-electron chi connectivity index (χ3n) is 4.36. The van der Waals surface area contributed by atoms with Crippen LogP contribution in [0.25, 0.3) is 0 Å². The molecule has 1 aromatic heterocycles. The van der Waals surface area contributed by atoms with Gasteiger partial charge in [0.05, 0.1) is 11.9 Å². The first-order chi connectivity index (χ1) is 10.1. The summed E-state index contributed by atoms with van der Waals surface area (Å²) in [7, 11) is -3.19. The fourth-order valence-corrected chi connectivity index (χ4v) is 4.29. The Kier molecular flexibility index (Phi) is 4.61. The zero-order valence-electron chi connectivity index (χ0n) is 12.2. The molecule has 0 spiro atoms. The van der Waals surface area contributed by atoms with Crippen molar-refractivity contribution in [3.8, 4) is 0 Å². The van der Waals surface area contributed by atoms with Crippen molar-refractivity contribution in [1.29, 1.82) is 0 Å². The molecule has 1 saturated heterocycles. The summed E-state index contributed by atoms with van der Waals surface area (Å²) < 4.78 is 34.4. The van der Waals surface area contributed by atoms with Gasteiger partial charge in [0.15, 0.2) is 0 Å². The fraction of sp³-hybridized carbons (Fsp3) is 0.786. The number of ether oxygens (including phenoxy) is 1. The van der Waals surface area contributed by atoms with E-state index in [1.165, 1.54) is 0 Å². The highest BCUT2D eigenvalue weighted by Crippen LogP contribution is 2.19. The topological polar surface area (TPSA) is 73.2 Å². The lowest BCUT2D eigenvalue weighted by molar-refractivity contribution is 0.109. The molecule has 2 atom stereocenters. The van der Waals surface area contributed by atoms with Crippen LogP contribution in [0.3, 0.4) is 0 Å². The maximum Gasteiger partial charge on any atom is 0.211 e. The van der Waals surface area contributed by atoms with Gasteiger partial charge in [-0.25, -0.2) is 18.1 Å². The lowest BCUT2D eigenvalue weighted by atomic mass is 10.00. The molecule has 1 fully saturated rings. The average Bonchev–Trinajstić information content (AvgIpc) is 3.13. The highest BCUT2D eigenvalue weighted by Gasteiger charge is 2.22. The van der Waals surface area contributed by atoms with E-state index in [2.05, 4.69) is 14.3 Å². The summed E-state index contributed by atoms with van der Waals surface area (Å²) in [5, 5.41) is 0. The van der Waals surface area contributed by atoms with Crippen LogP contribution in [-0.4, -0.2) is 43.0 Å². The second-order valence-corrected chi connectivity index (χ2v) is 7.92. The molecule has 2 aliphatic rings. The minimum Gasteiger partial charge on any atom is -0.378 e. The lowest BCUT2D eigenvalue weighted by Gasteiger charge is -2.24. The SMILES string of the molecule is O=S(=O)(CC[C@@H]1CCCO1)NC[C@H]1CCc2nccn2C1. The number of nitrogens with zero attached hydrogens (tertiary/aromatic N) is 2. The highest BCUT2D eigenvalue weighted by atomic mass is 32.2. The van der Waals surface area contributed by atoms with E-state index in [0.29, 0.717) is 18.9 Å². The molecule has 0 amide bonds. The minimum atomic E-state index is -3.19. The van der Waals surface area contributed by atoms with Crippen LogP contribution in [-0.2, 0) is 27.7 Å². The Hall–Kier alpha value is -0.920. The molecule has 0 aromatic carbocycles. The number of sulfonamides is 1. The summed E-state index contributed by atoms with van der Waals surface area (Å²) in [6.45, 7) is 2.14. The smallest absolute Gasteiger partial charge is 0.211 e. The molecule has 1 N–H and O–H groups in total. The van der Waals surface area contributed by atoms with Crippen molar-refractivity contribution < 1.29 is 13.2 Å². The molecule has 118 valence electrons. The van der Waals surface area contributed by atoms with Gasteiger partial charge in [0.25, 0.3) is 0 Å². The normalized spacial score (nSPS) is 25.9. The van der Waals surface area contributed by atoms with Crippen LogP contribution in [0.5, 0.6) is 0 Å². The summed E-state index contributed by atoms with van der Waals surface area (Å²) in [6, 6.07) is 0. The Morgan fingerprint density at radius 2 is 2.33 bits per heavy atom. The molecular formula is C14H23N3O3S. The molecule has 3 rings (SSSR count). The van der Waals surface area contributed by atoms with Gasteiger partial charge in [0, 0.05) is 38.5 Å². The molecule has 2 aliphatic heterocycles. The van der Waals surface area contributed by atoms with Gasteiger partial charge < -0.3 is 9.30 Å². The zero-order chi connectivity index (χ0) is 14.7. The van der Waals surface area contributed by atoms with Crippen LogP contribution in [0.15, 0.2) is 12.4 Å². The third-order valence-corrected chi connectivity index (χ3v) is 5.74. The van der Waals surface area contributed by atoms with Crippen LogP contribution in [0.4, 0.5) is 0 Å². The van der Waals surface area contributed by atoms with Crippen LogP contribution in [0.2, 0.25) is 0 Å². The van der Waals surface area contributed by atoms with Crippen molar-refractivity contribution >= 4 is 10.0 Å². The Morgan fingerprint density at radius 3 is 3.14 bits per heavy atom. The first-order valence-corrected chi connectivity index (χ1v) is 9.36. The molecule has 0 bridgehead atoms. The molecule has 7 heteroatoms. The highest BCUT2D eigenvalue weighted by molar-refractivity contribution is 7.89. The van der Waals surface area contributed by atoms with Gasteiger partial charge in [-0.3, -0.25) is 0 Å². The van der Waals surface area contributed by atoms with Crippen LogP contribution >= 0.6 is 0 Å². The first-order valence-electron chi connectivity index (χ1n) is 7.71. The van der Waals surface area contributed by atoms with E-state index in [1.807, 2.05) is 12.4 Å². The summed E-state index contributed by atoms with van der Waals surface area (Å²) in [6.07, 6.45) is 8.46. The molecule has 0 saturated carbocycles. The van der Waals surface area contributed by atoms with E-state index in [9.17, 15) is 8.42 Å². The van der Waals surface area contributed by atoms with Gasteiger partial charge >= 0.3 is 0 Å². The summed E-state index contributed by atoms with van der Waals surface area (Å²) in [5.41, 5.74) is 0. The fourth-order valence-electron chi connectivity index (χ4n) is 3.08. The zero-order valence-corrected chi connectivity index (χ0v) is 13.0. The van der Waals surface area contributed by atoms with Crippen molar-refractivity contribution in [2.75, 3.05) is 18.9 Å². The predicted octanol–water partition coefficient (Wildman–Crippen LogP) is 0.934. The van der Waals surface area contributed by atoms with E-state index in [4.69, 9.17) is 4.74 Å². The number of nitrogens with one attached hydrogen (secondary N) is 1. The van der Waals surface area contributed by atoms with Crippen molar-refractivity contribution in [3.63, 3.8) is 0 Å². The molecule has 21 heavy (non-hydrogen) atoms. The number of hydrogen-bond acceptors (Lipinski definition) is 4. The van der Waals surface area contributed by atoms with Gasteiger partial charge in [-0.1, -0.05) is 0 Å². The molecular weight excluding hydrogens is 290 g/mol. The van der Waals surface area contributed by atoms with Gasteiger partial charge in [-0.15, -0.1) is 0 Å².